The van der Waals surface area contributed by atoms with E-state index in [-0.39, 0.29) is 5.70 Å². The second kappa shape index (κ2) is 8.74. The zero-order valence-corrected chi connectivity index (χ0v) is 18.5. The molecule has 5 N–H and O–H groups in total. The summed E-state index contributed by atoms with van der Waals surface area (Å²) >= 11 is 5.35. The largest absolute Gasteiger partial charge is 0.350 e. The van der Waals surface area contributed by atoms with Crippen LogP contribution in [0, 0.1) is 18.5 Å². The highest BCUT2D eigenvalue weighted by Gasteiger charge is 2.18. The Labute approximate surface area is 190 Å². The van der Waals surface area contributed by atoms with Crippen molar-refractivity contribution in [2.75, 3.05) is 0 Å². The van der Waals surface area contributed by atoms with Crippen LogP contribution < -0.4 is 16.6 Å². The molecule has 0 unspecified atom stereocenters. The zero-order valence-electron chi connectivity index (χ0n) is 17.7. The van der Waals surface area contributed by atoms with E-state index >= 15 is 0 Å². The molecular weight excluding hydrogens is 420 g/mol. The van der Waals surface area contributed by atoms with Crippen LogP contribution in [0.4, 0.5) is 0 Å². The van der Waals surface area contributed by atoms with E-state index in [0.29, 0.717) is 15.8 Å². The molecule has 0 bridgehead atoms. The summed E-state index contributed by atoms with van der Waals surface area (Å²) in [6, 6.07) is 19.7. The topological polar surface area (TPSA) is 100 Å². The van der Waals surface area contributed by atoms with Crippen molar-refractivity contribution in [3.8, 4) is 0 Å². The molecule has 0 spiro atoms. The summed E-state index contributed by atoms with van der Waals surface area (Å²) in [6.45, 7) is 3.67. The molecular formula is C25H22N4O2S. The SMILES string of the molecule is Cc1cc(C)c(C(=O)NC(=Cc2c3ccccc3cc3ccccc23)C(=O)NN)c(=S)[nH]1. The minimum Gasteiger partial charge on any atom is -0.350 e. The second-order valence-electron chi connectivity index (χ2n) is 7.56. The average molecular weight is 443 g/mol. The second-order valence-corrected chi connectivity index (χ2v) is 7.97. The van der Waals surface area contributed by atoms with E-state index in [1.165, 1.54) is 0 Å². The van der Waals surface area contributed by atoms with Crippen LogP contribution in [0.3, 0.4) is 0 Å². The number of aromatic nitrogens is 1. The number of hydrogen-bond acceptors (Lipinski definition) is 4. The van der Waals surface area contributed by atoms with E-state index in [1.54, 1.807) is 13.0 Å². The van der Waals surface area contributed by atoms with E-state index in [0.717, 1.165) is 32.8 Å². The predicted molar refractivity (Wildman–Crippen MR) is 130 cm³/mol. The maximum absolute atomic E-state index is 13.1. The molecule has 0 aliphatic rings. The minimum absolute atomic E-state index is 0.0216. The first-order valence-electron chi connectivity index (χ1n) is 10.0. The lowest BCUT2D eigenvalue weighted by molar-refractivity contribution is -0.117. The molecule has 160 valence electrons. The van der Waals surface area contributed by atoms with Gasteiger partial charge in [0.1, 0.15) is 10.3 Å². The molecule has 3 aromatic carbocycles. The van der Waals surface area contributed by atoms with Gasteiger partial charge in [-0.2, -0.15) is 0 Å². The van der Waals surface area contributed by atoms with Crippen molar-refractivity contribution in [3.05, 3.63) is 93.4 Å². The Morgan fingerprint density at radius 3 is 2.12 bits per heavy atom. The maximum Gasteiger partial charge on any atom is 0.281 e. The molecule has 0 saturated heterocycles. The molecule has 4 aromatic rings. The fourth-order valence-corrected chi connectivity index (χ4v) is 4.32. The number of H-pyrrole nitrogens is 1. The lowest BCUT2D eigenvalue weighted by atomic mass is 9.96. The fraction of sp³-hybridized carbons (Fsp3) is 0.0800. The van der Waals surface area contributed by atoms with Crippen LogP contribution in [-0.4, -0.2) is 16.8 Å². The number of hydrazine groups is 1. The molecule has 1 heterocycles. The summed E-state index contributed by atoms with van der Waals surface area (Å²) in [6.07, 6.45) is 1.65. The van der Waals surface area contributed by atoms with Crippen LogP contribution in [0.1, 0.15) is 27.2 Å². The Bertz CT molecular complexity index is 1420. The molecule has 0 atom stereocenters. The lowest BCUT2D eigenvalue weighted by Gasteiger charge is -2.13. The number of carbonyl (C=O) groups excluding carboxylic acids is 2. The Hall–Kier alpha value is -3.81. The van der Waals surface area contributed by atoms with Gasteiger partial charge in [-0.05, 0) is 64.7 Å². The molecule has 0 aliphatic heterocycles. The number of carbonyl (C=O) groups is 2. The van der Waals surface area contributed by atoms with Crippen LogP contribution in [0.15, 0.2) is 66.4 Å². The third kappa shape index (κ3) is 4.03. The first kappa shape index (κ1) is 21.4. The Morgan fingerprint density at radius 2 is 1.56 bits per heavy atom. The van der Waals surface area contributed by atoms with Crippen molar-refractivity contribution < 1.29 is 9.59 Å². The number of rotatable bonds is 4. The highest BCUT2D eigenvalue weighted by Crippen LogP contribution is 2.30. The summed E-state index contributed by atoms with van der Waals surface area (Å²) in [7, 11) is 0. The quantitative estimate of drug-likeness (QED) is 0.0938. The van der Waals surface area contributed by atoms with Gasteiger partial charge in [0.2, 0.25) is 0 Å². The van der Waals surface area contributed by atoms with Crippen LogP contribution in [-0.2, 0) is 4.79 Å². The third-order valence-corrected chi connectivity index (χ3v) is 5.62. The highest BCUT2D eigenvalue weighted by atomic mass is 32.1. The van der Waals surface area contributed by atoms with Gasteiger partial charge in [0.25, 0.3) is 11.8 Å². The van der Waals surface area contributed by atoms with Crippen molar-refractivity contribution >= 4 is 51.7 Å². The number of aryl methyl sites for hydroxylation is 2. The van der Waals surface area contributed by atoms with Gasteiger partial charge in [0, 0.05) is 5.69 Å². The Balaban J connectivity index is 1.89. The number of hydrogen-bond donors (Lipinski definition) is 4. The number of fused-ring (bicyclic) bond motifs is 2. The van der Waals surface area contributed by atoms with Crippen molar-refractivity contribution in [1.82, 2.24) is 15.7 Å². The van der Waals surface area contributed by atoms with E-state index in [9.17, 15) is 9.59 Å². The summed E-state index contributed by atoms with van der Waals surface area (Å²) in [5, 5.41) is 6.65. The highest BCUT2D eigenvalue weighted by molar-refractivity contribution is 7.71. The number of benzene rings is 3. The number of nitrogens with two attached hydrogens (primary N) is 1. The number of amides is 2. The van der Waals surface area contributed by atoms with Crippen LogP contribution in [0.25, 0.3) is 27.6 Å². The molecule has 0 aliphatic carbocycles. The molecule has 4 rings (SSSR count). The van der Waals surface area contributed by atoms with Gasteiger partial charge in [-0.3, -0.25) is 15.0 Å². The first-order chi connectivity index (χ1) is 15.4. The van der Waals surface area contributed by atoms with Crippen LogP contribution in [0.5, 0.6) is 0 Å². The molecule has 1 aromatic heterocycles. The maximum atomic E-state index is 13.1. The molecule has 0 radical (unpaired) electrons. The van der Waals surface area contributed by atoms with Crippen molar-refractivity contribution in [2.24, 2.45) is 5.84 Å². The monoisotopic (exact) mass is 442 g/mol. The number of nitrogens with one attached hydrogen (secondary N) is 3. The average Bonchev–Trinajstić information content (AvgIpc) is 2.77. The normalized spacial score (nSPS) is 11.5. The fourth-order valence-electron chi connectivity index (χ4n) is 3.91. The molecule has 0 saturated carbocycles. The van der Waals surface area contributed by atoms with Gasteiger partial charge in [0.15, 0.2) is 0 Å². The predicted octanol–water partition coefficient (Wildman–Crippen LogP) is 4.43. The van der Waals surface area contributed by atoms with E-state index < -0.39 is 11.8 Å². The third-order valence-electron chi connectivity index (χ3n) is 5.32. The Kier molecular flexibility index (Phi) is 5.85. The standard InChI is InChI=1S/C25H22N4O2S/c1-14-11-15(2)27-25(32)22(14)24(31)28-21(23(30)29-26)13-20-18-9-5-3-7-16(18)12-17-8-4-6-10-19(17)20/h3-13H,26H2,1-2H3,(H,27,32)(H,28,31)(H,29,30). The molecule has 2 amide bonds. The number of pyridine rings is 1. The van der Waals surface area contributed by atoms with Gasteiger partial charge >= 0.3 is 0 Å². The summed E-state index contributed by atoms with van der Waals surface area (Å²) in [5.41, 5.74) is 4.82. The summed E-state index contributed by atoms with van der Waals surface area (Å²) < 4.78 is 0.308. The first-order valence-corrected chi connectivity index (χ1v) is 10.4. The van der Waals surface area contributed by atoms with Crippen molar-refractivity contribution in [3.63, 3.8) is 0 Å². The molecule has 6 nitrogen and oxygen atoms in total. The van der Waals surface area contributed by atoms with Crippen molar-refractivity contribution in [1.29, 1.82) is 0 Å². The minimum atomic E-state index is -0.616. The summed E-state index contributed by atoms with van der Waals surface area (Å²) in [5.74, 6) is 4.33. The van der Waals surface area contributed by atoms with Crippen LogP contribution >= 0.6 is 12.2 Å². The lowest BCUT2D eigenvalue weighted by Crippen LogP contribution is -2.38. The van der Waals surface area contributed by atoms with Gasteiger partial charge in [-0.1, -0.05) is 60.7 Å². The summed E-state index contributed by atoms with van der Waals surface area (Å²) in [4.78, 5) is 28.7. The molecule has 32 heavy (non-hydrogen) atoms. The molecule has 0 fully saturated rings. The van der Waals surface area contributed by atoms with Gasteiger partial charge in [-0.25, -0.2) is 5.84 Å². The van der Waals surface area contributed by atoms with E-state index in [2.05, 4.69) is 21.8 Å². The van der Waals surface area contributed by atoms with Crippen LogP contribution in [0.2, 0.25) is 0 Å². The number of aromatic amines is 1. The zero-order chi connectivity index (χ0) is 22.8. The van der Waals surface area contributed by atoms with Gasteiger partial charge in [-0.15, -0.1) is 0 Å². The van der Waals surface area contributed by atoms with Gasteiger partial charge < -0.3 is 10.3 Å². The molecule has 7 heteroatoms. The van der Waals surface area contributed by atoms with E-state index in [1.807, 2.05) is 61.5 Å². The van der Waals surface area contributed by atoms with E-state index in [4.69, 9.17) is 18.1 Å². The smallest absolute Gasteiger partial charge is 0.281 e. The van der Waals surface area contributed by atoms with Gasteiger partial charge in [0.05, 0.1) is 5.56 Å². The van der Waals surface area contributed by atoms with Crippen molar-refractivity contribution in [2.45, 2.75) is 13.8 Å². The Morgan fingerprint density at radius 1 is 0.969 bits per heavy atom.